The molecule has 42 heavy (non-hydrogen) atoms. The number of benzene rings is 3. The van der Waals surface area contributed by atoms with E-state index in [1.54, 1.807) is 4.90 Å². The molecule has 3 aromatic carbocycles. The van der Waals surface area contributed by atoms with Crippen molar-refractivity contribution in [2.24, 2.45) is 5.92 Å². The summed E-state index contributed by atoms with van der Waals surface area (Å²) in [6.45, 7) is 12.2. The summed E-state index contributed by atoms with van der Waals surface area (Å²) in [7, 11) is 4.03. The lowest BCUT2D eigenvalue weighted by molar-refractivity contribution is -0.132. The number of nitrogens with one attached hydrogen (secondary N) is 1. The lowest BCUT2D eigenvalue weighted by atomic mass is 9.86. The van der Waals surface area contributed by atoms with E-state index >= 15 is 0 Å². The zero-order chi connectivity index (χ0) is 30.4. The number of hydrogen-bond acceptors (Lipinski definition) is 3. The highest BCUT2D eigenvalue weighted by atomic mass is 16.2. The van der Waals surface area contributed by atoms with Gasteiger partial charge in [-0.05, 0) is 64.8 Å². The van der Waals surface area contributed by atoms with Crippen LogP contribution in [-0.2, 0) is 23.2 Å². The normalized spacial score (nSPS) is 11.6. The number of nitrogens with zero attached hydrogens (tertiary/aromatic N) is 3. The van der Waals surface area contributed by atoms with Crippen LogP contribution in [0.2, 0.25) is 0 Å². The zero-order valence-corrected chi connectivity index (χ0v) is 26.3. The molecule has 0 aliphatic heterocycles. The summed E-state index contributed by atoms with van der Waals surface area (Å²) >= 11 is 0. The molecule has 1 N–H and O–H groups in total. The molecule has 4 aromatic rings. The first-order chi connectivity index (χ1) is 19.9. The van der Waals surface area contributed by atoms with Gasteiger partial charge in [-0.3, -0.25) is 9.59 Å². The fourth-order valence-corrected chi connectivity index (χ4v) is 5.22. The van der Waals surface area contributed by atoms with Gasteiger partial charge in [-0.15, -0.1) is 0 Å². The number of carbonyl (C=O) groups is 2. The second-order valence-electron chi connectivity index (χ2n) is 12.9. The van der Waals surface area contributed by atoms with Crippen LogP contribution >= 0.6 is 0 Å². The minimum atomic E-state index is -0.107. The molecule has 0 aliphatic rings. The number of amides is 2. The molecule has 222 valence electrons. The summed E-state index contributed by atoms with van der Waals surface area (Å²) < 4.78 is 0. The van der Waals surface area contributed by atoms with Gasteiger partial charge in [0.1, 0.15) is 6.54 Å². The first-order valence-electron chi connectivity index (χ1n) is 14.9. The number of rotatable bonds is 11. The standard InChI is InChI=1S/C36H46N4O2/c1-26(2)23-40(35(42)28-14-16-30(17-15-28)36(3,4)5)25-34(41)39(24-27-12-18-31(19-13-27)38(6)7)21-20-29-22-37-33-11-9-8-10-32(29)33/h8-19,22,26,37H,20-21,23-25H2,1-7H3. The Kier molecular flexibility index (Phi) is 9.77. The number of carbonyl (C=O) groups excluding carboxylic acids is 2. The molecule has 0 saturated carbocycles. The van der Waals surface area contributed by atoms with Gasteiger partial charge in [0.25, 0.3) is 5.91 Å². The molecular formula is C36H46N4O2. The van der Waals surface area contributed by atoms with Crippen molar-refractivity contribution >= 4 is 28.4 Å². The van der Waals surface area contributed by atoms with Crippen molar-refractivity contribution in [3.63, 3.8) is 0 Å². The zero-order valence-electron chi connectivity index (χ0n) is 26.3. The maximum Gasteiger partial charge on any atom is 0.254 e. The van der Waals surface area contributed by atoms with Crippen molar-refractivity contribution in [3.05, 3.63) is 101 Å². The number of para-hydroxylation sites is 1. The number of fused-ring (bicyclic) bond motifs is 1. The molecule has 0 unspecified atom stereocenters. The van der Waals surface area contributed by atoms with Gasteiger partial charge in [0.05, 0.1) is 0 Å². The number of anilines is 1. The van der Waals surface area contributed by atoms with Crippen LogP contribution in [0, 0.1) is 5.92 Å². The monoisotopic (exact) mass is 566 g/mol. The van der Waals surface area contributed by atoms with E-state index in [1.807, 2.05) is 61.6 Å². The van der Waals surface area contributed by atoms with Crippen molar-refractivity contribution in [2.75, 3.05) is 38.6 Å². The van der Waals surface area contributed by atoms with Crippen LogP contribution in [0.5, 0.6) is 0 Å². The van der Waals surface area contributed by atoms with Crippen LogP contribution in [-0.4, -0.2) is 60.3 Å². The van der Waals surface area contributed by atoms with Crippen molar-refractivity contribution in [1.29, 1.82) is 0 Å². The van der Waals surface area contributed by atoms with E-state index in [2.05, 4.69) is 80.9 Å². The molecule has 0 aliphatic carbocycles. The Balaban J connectivity index is 1.56. The third kappa shape index (κ3) is 7.81. The Labute approximate surface area is 251 Å². The summed E-state index contributed by atoms with van der Waals surface area (Å²) in [6.07, 6.45) is 2.76. The summed E-state index contributed by atoms with van der Waals surface area (Å²) in [5, 5.41) is 1.18. The molecule has 6 heteroatoms. The van der Waals surface area contributed by atoms with Crippen LogP contribution < -0.4 is 4.90 Å². The summed E-state index contributed by atoms with van der Waals surface area (Å²) in [5.41, 5.74) is 6.24. The van der Waals surface area contributed by atoms with E-state index in [0.29, 0.717) is 25.2 Å². The van der Waals surface area contributed by atoms with Crippen LogP contribution in [0.1, 0.15) is 61.7 Å². The number of H-pyrrole nitrogens is 1. The molecule has 1 heterocycles. The summed E-state index contributed by atoms with van der Waals surface area (Å²) in [5.74, 6) is 0.0742. The third-order valence-corrected chi connectivity index (χ3v) is 7.70. The van der Waals surface area contributed by atoms with Gasteiger partial charge in [-0.2, -0.15) is 0 Å². The Morgan fingerprint density at radius 1 is 0.857 bits per heavy atom. The smallest absolute Gasteiger partial charge is 0.254 e. The second-order valence-corrected chi connectivity index (χ2v) is 12.9. The molecule has 0 radical (unpaired) electrons. The van der Waals surface area contributed by atoms with E-state index in [-0.39, 0.29) is 29.7 Å². The molecule has 0 bridgehead atoms. The van der Waals surface area contributed by atoms with E-state index in [1.165, 1.54) is 16.5 Å². The Bertz CT molecular complexity index is 1480. The first-order valence-corrected chi connectivity index (χ1v) is 14.9. The first kappa shape index (κ1) is 30.9. The van der Waals surface area contributed by atoms with Crippen molar-refractivity contribution in [1.82, 2.24) is 14.8 Å². The highest BCUT2D eigenvalue weighted by Gasteiger charge is 2.24. The van der Waals surface area contributed by atoms with Crippen LogP contribution in [0.25, 0.3) is 10.9 Å². The van der Waals surface area contributed by atoms with Gasteiger partial charge in [0, 0.05) is 62.1 Å². The molecule has 0 saturated heterocycles. The maximum atomic E-state index is 14.0. The highest BCUT2D eigenvalue weighted by Crippen LogP contribution is 2.23. The SMILES string of the molecule is CC(C)CN(CC(=O)N(CCc1c[nH]c2ccccc12)Cc1ccc(N(C)C)cc1)C(=O)c1ccc(C(C)(C)C)cc1. The Hall–Kier alpha value is -4.06. The minimum Gasteiger partial charge on any atom is -0.378 e. The van der Waals surface area contributed by atoms with Crippen molar-refractivity contribution in [2.45, 2.75) is 53.0 Å². The van der Waals surface area contributed by atoms with Crippen LogP contribution in [0.15, 0.2) is 79.0 Å². The quantitative estimate of drug-likeness (QED) is 0.215. The highest BCUT2D eigenvalue weighted by molar-refractivity contribution is 5.96. The molecule has 6 nitrogen and oxygen atoms in total. The number of hydrogen-bond donors (Lipinski definition) is 1. The van der Waals surface area contributed by atoms with Gasteiger partial charge < -0.3 is 19.7 Å². The lowest BCUT2D eigenvalue weighted by Gasteiger charge is -2.29. The molecule has 1 aromatic heterocycles. The van der Waals surface area contributed by atoms with Gasteiger partial charge >= 0.3 is 0 Å². The summed E-state index contributed by atoms with van der Waals surface area (Å²) in [6, 6.07) is 24.4. The topological polar surface area (TPSA) is 59.7 Å². The Morgan fingerprint density at radius 2 is 1.52 bits per heavy atom. The number of aromatic amines is 1. The van der Waals surface area contributed by atoms with E-state index < -0.39 is 0 Å². The van der Waals surface area contributed by atoms with E-state index in [4.69, 9.17) is 0 Å². The van der Waals surface area contributed by atoms with Gasteiger partial charge in [-0.1, -0.05) is 77.1 Å². The average molecular weight is 567 g/mol. The lowest BCUT2D eigenvalue weighted by Crippen LogP contribution is -2.44. The predicted molar refractivity (Wildman–Crippen MR) is 174 cm³/mol. The van der Waals surface area contributed by atoms with Crippen molar-refractivity contribution in [3.8, 4) is 0 Å². The molecular weight excluding hydrogens is 520 g/mol. The molecule has 2 amide bonds. The van der Waals surface area contributed by atoms with Gasteiger partial charge in [-0.25, -0.2) is 0 Å². The number of aromatic nitrogens is 1. The van der Waals surface area contributed by atoms with E-state index in [9.17, 15) is 9.59 Å². The van der Waals surface area contributed by atoms with Gasteiger partial charge in [0.2, 0.25) is 5.91 Å². The average Bonchev–Trinajstić information content (AvgIpc) is 3.37. The summed E-state index contributed by atoms with van der Waals surface area (Å²) in [4.78, 5) is 36.7. The largest absolute Gasteiger partial charge is 0.378 e. The molecule has 0 atom stereocenters. The third-order valence-electron chi connectivity index (χ3n) is 7.70. The van der Waals surface area contributed by atoms with Crippen LogP contribution in [0.4, 0.5) is 5.69 Å². The minimum absolute atomic E-state index is 0.00516. The second kappa shape index (κ2) is 13.3. The Morgan fingerprint density at radius 3 is 2.14 bits per heavy atom. The predicted octanol–water partition coefficient (Wildman–Crippen LogP) is 6.90. The molecule has 0 fully saturated rings. The fraction of sp³-hybridized carbons (Fsp3) is 0.389. The van der Waals surface area contributed by atoms with E-state index in [0.717, 1.165) is 23.2 Å². The van der Waals surface area contributed by atoms with Crippen LogP contribution in [0.3, 0.4) is 0 Å². The van der Waals surface area contributed by atoms with Gasteiger partial charge in [0.15, 0.2) is 0 Å². The maximum absolute atomic E-state index is 14.0. The molecule has 4 rings (SSSR count). The fourth-order valence-electron chi connectivity index (χ4n) is 5.22. The van der Waals surface area contributed by atoms with Crippen molar-refractivity contribution < 1.29 is 9.59 Å². The molecule has 0 spiro atoms.